The first-order valence-corrected chi connectivity index (χ1v) is 5.00. The Hall–Kier alpha value is -0.640. The van der Waals surface area contributed by atoms with Crippen molar-refractivity contribution in [1.29, 1.82) is 0 Å². The van der Waals surface area contributed by atoms with Gasteiger partial charge in [-0.05, 0) is 13.2 Å². The Morgan fingerprint density at radius 3 is 2.50 bits per heavy atom. The third kappa shape index (κ3) is 3.17. The summed E-state index contributed by atoms with van der Waals surface area (Å²) in [6.45, 7) is 5.50. The van der Waals surface area contributed by atoms with Crippen LogP contribution in [-0.4, -0.2) is 41.1 Å². The highest BCUT2D eigenvalue weighted by molar-refractivity contribution is 7.98. The lowest BCUT2D eigenvalue weighted by molar-refractivity contribution is -0.141. The Morgan fingerprint density at radius 1 is 1.75 bits per heavy atom. The van der Waals surface area contributed by atoms with Crippen molar-refractivity contribution in [1.82, 2.24) is 4.90 Å². The first-order chi connectivity index (χ1) is 5.50. The minimum Gasteiger partial charge on any atom is -0.480 e. The maximum absolute atomic E-state index is 10.7. The molecule has 0 saturated carbocycles. The smallest absolute Gasteiger partial charge is 0.327 e. The minimum absolute atomic E-state index is 0.461. The van der Waals surface area contributed by atoms with E-state index in [1.807, 2.05) is 6.26 Å². The van der Waals surface area contributed by atoms with E-state index in [1.54, 1.807) is 18.9 Å². The molecule has 3 nitrogen and oxygen atoms in total. The normalized spacial score (nSPS) is 12.2. The topological polar surface area (TPSA) is 40.5 Å². The molecular weight excluding hydrogens is 174 g/mol. The molecule has 0 bridgehead atoms. The fourth-order valence-corrected chi connectivity index (χ4v) is 1.45. The minimum atomic E-state index is -0.796. The predicted octanol–water partition coefficient (Wildman–Crippen LogP) is 1.27. The van der Waals surface area contributed by atoms with E-state index < -0.39 is 12.0 Å². The summed E-state index contributed by atoms with van der Waals surface area (Å²) in [4.78, 5) is 12.4. The van der Waals surface area contributed by atoms with Crippen LogP contribution >= 0.6 is 11.8 Å². The number of aliphatic carboxylic acids is 1. The summed E-state index contributed by atoms with van der Waals surface area (Å²) in [6, 6.07) is -0.461. The van der Waals surface area contributed by atoms with E-state index in [-0.39, 0.29) is 0 Å². The molecule has 0 fully saturated rings. The Kier molecular flexibility index (Phi) is 4.81. The van der Waals surface area contributed by atoms with Crippen molar-refractivity contribution in [3.63, 3.8) is 0 Å². The Morgan fingerprint density at radius 2 is 2.25 bits per heavy atom. The van der Waals surface area contributed by atoms with Crippen molar-refractivity contribution in [2.24, 2.45) is 0 Å². The molecule has 0 radical (unpaired) electrons. The van der Waals surface area contributed by atoms with Gasteiger partial charge < -0.3 is 10.0 Å². The van der Waals surface area contributed by atoms with E-state index in [2.05, 4.69) is 6.58 Å². The van der Waals surface area contributed by atoms with Crippen molar-refractivity contribution in [2.45, 2.75) is 13.0 Å². The fourth-order valence-electron chi connectivity index (χ4n) is 0.773. The first-order valence-electron chi connectivity index (χ1n) is 3.60. The zero-order valence-corrected chi connectivity index (χ0v) is 8.52. The van der Waals surface area contributed by atoms with E-state index in [4.69, 9.17) is 5.11 Å². The highest BCUT2D eigenvalue weighted by Crippen LogP contribution is 2.09. The zero-order chi connectivity index (χ0) is 9.72. The van der Waals surface area contributed by atoms with E-state index in [0.717, 1.165) is 5.70 Å². The van der Waals surface area contributed by atoms with Crippen molar-refractivity contribution in [2.75, 3.05) is 19.1 Å². The summed E-state index contributed by atoms with van der Waals surface area (Å²) in [6.07, 6.45) is 1.89. The summed E-state index contributed by atoms with van der Waals surface area (Å²) in [7, 11) is 1.75. The number of carbonyl (C=O) groups is 1. The van der Waals surface area contributed by atoms with Crippen LogP contribution in [0.5, 0.6) is 0 Å². The van der Waals surface area contributed by atoms with Crippen molar-refractivity contribution in [3.05, 3.63) is 12.3 Å². The van der Waals surface area contributed by atoms with Crippen LogP contribution in [0, 0.1) is 0 Å². The molecule has 1 N–H and O–H groups in total. The van der Waals surface area contributed by atoms with Gasteiger partial charge in [0.1, 0.15) is 6.04 Å². The van der Waals surface area contributed by atoms with Crippen LogP contribution in [0.4, 0.5) is 0 Å². The molecule has 12 heavy (non-hydrogen) atoms. The number of rotatable bonds is 5. The summed E-state index contributed by atoms with van der Waals surface area (Å²) < 4.78 is 0. The van der Waals surface area contributed by atoms with Gasteiger partial charge in [-0.1, -0.05) is 6.58 Å². The molecule has 70 valence electrons. The van der Waals surface area contributed by atoms with E-state index >= 15 is 0 Å². The molecular formula is C8H15NO2S. The second kappa shape index (κ2) is 5.09. The molecule has 0 heterocycles. The van der Waals surface area contributed by atoms with Gasteiger partial charge in [0.2, 0.25) is 0 Å². The van der Waals surface area contributed by atoms with Gasteiger partial charge in [-0.2, -0.15) is 11.8 Å². The lowest BCUT2D eigenvalue weighted by atomic mass is 10.3. The summed E-state index contributed by atoms with van der Waals surface area (Å²) in [5.74, 6) is -0.214. The van der Waals surface area contributed by atoms with Gasteiger partial charge in [-0.15, -0.1) is 0 Å². The Labute approximate surface area is 77.4 Å². The molecule has 4 heteroatoms. The molecule has 0 aliphatic carbocycles. The van der Waals surface area contributed by atoms with Gasteiger partial charge in [-0.25, -0.2) is 4.79 Å². The molecule has 0 aliphatic heterocycles. The Bertz CT molecular complexity index is 182. The number of carboxylic acids is 1. The molecule has 1 unspecified atom stereocenters. The number of carboxylic acid groups (broad SMARTS) is 1. The van der Waals surface area contributed by atoms with Crippen LogP contribution in [0.3, 0.4) is 0 Å². The quantitative estimate of drug-likeness (QED) is 0.707. The summed E-state index contributed by atoms with van der Waals surface area (Å²) >= 11 is 1.52. The van der Waals surface area contributed by atoms with E-state index in [1.165, 1.54) is 11.8 Å². The van der Waals surface area contributed by atoms with Crippen molar-refractivity contribution in [3.8, 4) is 0 Å². The predicted molar refractivity (Wildman–Crippen MR) is 52.4 cm³/mol. The van der Waals surface area contributed by atoms with Crippen LogP contribution in [0.25, 0.3) is 0 Å². The van der Waals surface area contributed by atoms with Gasteiger partial charge >= 0.3 is 5.97 Å². The van der Waals surface area contributed by atoms with E-state index in [0.29, 0.717) is 5.75 Å². The number of hydrogen-bond donors (Lipinski definition) is 1. The largest absolute Gasteiger partial charge is 0.480 e. The molecule has 0 aromatic carbocycles. The number of thioether (sulfide) groups is 1. The van der Waals surface area contributed by atoms with Crippen LogP contribution < -0.4 is 0 Å². The first kappa shape index (κ1) is 11.4. The maximum Gasteiger partial charge on any atom is 0.327 e. The third-order valence-electron chi connectivity index (χ3n) is 1.68. The summed E-state index contributed by atoms with van der Waals surface area (Å²) in [5, 5.41) is 8.83. The average Bonchev–Trinajstić information content (AvgIpc) is 1.98. The highest BCUT2D eigenvalue weighted by atomic mass is 32.2. The third-order valence-corrected chi connectivity index (χ3v) is 2.33. The van der Waals surface area contributed by atoms with Crippen LogP contribution in [0.1, 0.15) is 6.92 Å². The standard InChI is InChI=1S/C8H15NO2S/c1-6(2)9(3)7(5-12-4)8(10)11/h7H,1,5H2,2-4H3,(H,10,11). The van der Waals surface area contributed by atoms with Crippen molar-refractivity contribution < 1.29 is 9.90 Å². The monoisotopic (exact) mass is 189 g/mol. The van der Waals surface area contributed by atoms with Crippen LogP contribution in [0.2, 0.25) is 0 Å². The lowest BCUT2D eigenvalue weighted by Crippen LogP contribution is -2.38. The summed E-state index contributed by atoms with van der Waals surface area (Å²) in [5.41, 5.74) is 0.774. The molecule has 1 atom stereocenters. The second-order valence-electron chi connectivity index (χ2n) is 2.66. The van der Waals surface area contributed by atoms with Gasteiger partial charge in [0.15, 0.2) is 0 Å². The SMILES string of the molecule is C=C(C)N(C)C(CSC)C(=O)O. The van der Waals surface area contributed by atoms with Gasteiger partial charge in [0.25, 0.3) is 0 Å². The fraction of sp³-hybridized carbons (Fsp3) is 0.625. The number of likely N-dealkylation sites (N-methyl/N-ethyl adjacent to an activating group) is 1. The average molecular weight is 189 g/mol. The van der Waals surface area contributed by atoms with Crippen LogP contribution in [-0.2, 0) is 4.79 Å². The lowest BCUT2D eigenvalue weighted by Gasteiger charge is -2.25. The van der Waals surface area contributed by atoms with Crippen molar-refractivity contribution >= 4 is 17.7 Å². The molecule has 0 saturated heterocycles. The molecule has 0 aromatic rings. The maximum atomic E-state index is 10.7. The molecule has 0 aromatic heterocycles. The molecule has 0 aliphatic rings. The second-order valence-corrected chi connectivity index (χ2v) is 3.57. The Balaban J connectivity index is 4.28. The molecule has 0 amide bonds. The number of nitrogens with zero attached hydrogens (tertiary/aromatic N) is 1. The van der Waals surface area contributed by atoms with E-state index in [9.17, 15) is 4.79 Å². The number of hydrogen-bond acceptors (Lipinski definition) is 3. The van der Waals surface area contributed by atoms with Crippen LogP contribution in [0.15, 0.2) is 12.3 Å². The highest BCUT2D eigenvalue weighted by Gasteiger charge is 2.21. The van der Waals surface area contributed by atoms with Gasteiger partial charge in [-0.3, -0.25) is 0 Å². The molecule has 0 rings (SSSR count). The number of allylic oxidation sites excluding steroid dienone is 1. The van der Waals surface area contributed by atoms with Gasteiger partial charge in [0, 0.05) is 18.5 Å². The van der Waals surface area contributed by atoms with Gasteiger partial charge in [0.05, 0.1) is 0 Å². The zero-order valence-electron chi connectivity index (χ0n) is 7.70. The molecule has 0 spiro atoms.